The van der Waals surface area contributed by atoms with Crippen molar-refractivity contribution in [2.45, 2.75) is 25.5 Å². The summed E-state index contributed by atoms with van der Waals surface area (Å²) in [5.74, 6) is 6.82. The summed E-state index contributed by atoms with van der Waals surface area (Å²) in [6.45, 7) is 3.03. The lowest BCUT2D eigenvalue weighted by Gasteiger charge is -2.16. The molecule has 1 aliphatic heterocycles. The van der Waals surface area contributed by atoms with E-state index in [1.54, 1.807) is 11.3 Å². The van der Waals surface area contributed by atoms with E-state index in [9.17, 15) is 5.11 Å². The molecule has 2 N–H and O–H groups in total. The largest absolute Gasteiger partial charge is 0.393 e. The number of aliphatic hydroxyl groups is 2. The SMILES string of the molecule is OCC#Cc1ccc(CN2CC3CCC(O)C3C2)s1. The molecule has 2 aliphatic rings. The third-order valence-electron chi connectivity index (χ3n) is 4.23. The first-order valence-electron chi connectivity index (χ1n) is 6.85. The van der Waals surface area contributed by atoms with Crippen LogP contribution in [0, 0.1) is 23.7 Å². The van der Waals surface area contributed by atoms with Gasteiger partial charge in [0.05, 0.1) is 11.0 Å². The van der Waals surface area contributed by atoms with Gasteiger partial charge in [-0.3, -0.25) is 4.90 Å². The zero-order valence-electron chi connectivity index (χ0n) is 10.9. The molecule has 102 valence electrons. The average molecular weight is 277 g/mol. The molecule has 3 unspecified atom stereocenters. The predicted octanol–water partition coefficient (Wildman–Crippen LogP) is 1.29. The summed E-state index contributed by atoms with van der Waals surface area (Å²) in [5, 5.41) is 18.6. The molecule has 4 heteroatoms. The van der Waals surface area contributed by atoms with Crippen molar-refractivity contribution in [1.29, 1.82) is 0 Å². The molecule has 0 aromatic carbocycles. The molecule has 0 bridgehead atoms. The highest BCUT2D eigenvalue weighted by Crippen LogP contribution is 2.38. The summed E-state index contributed by atoms with van der Waals surface area (Å²) in [7, 11) is 0. The zero-order chi connectivity index (χ0) is 13.2. The van der Waals surface area contributed by atoms with Crippen LogP contribution < -0.4 is 0 Å². The van der Waals surface area contributed by atoms with Crippen molar-refractivity contribution in [2.24, 2.45) is 11.8 Å². The molecule has 1 aliphatic carbocycles. The molecule has 1 saturated heterocycles. The first kappa shape index (κ1) is 13.1. The lowest BCUT2D eigenvalue weighted by atomic mass is 10.00. The van der Waals surface area contributed by atoms with Gasteiger partial charge >= 0.3 is 0 Å². The fourth-order valence-electron chi connectivity index (χ4n) is 3.34. The van der Waals surface area contributed by atoms with Gasteiger partial charge in [-0.05, 0) is 30.9 Å². The Bertz CT molecular complexity index is 502. The maximum atomic E-state index is 9.92. The monoisotopic (exact) mass is 277 g/mol. The molecule has 1 aromatic heterocycles. The number of hydrogen-bond acceptors (Lipinski definition) is 4. The summed E-state index contributed by atoms with van der Waals surface area (Å²) >= 11 is 1.70. The van der Waals surface area contributed by atoms with E-state index in [0.717, 1.165) is 30.9 Å². The summed E-state index contributed by atoms with van der Waals surface area (Å²) in [4.78, 5) is 4.78. The number of rotatable bonds is 2. The first-order valence-corrected chi connectivity index (χ1v) is 7.67. The second-order valence-corrected chi connectivity index (χ2v) is 6.66. The van der Waals surface area contributed by atoms with Crippen molar-refractivity contribution in [3.8, 4) is 11.8 Å². The second kappa shape index (κ2) is 5.64. The fourth-order valence-corrected chi connectivity index (χ4v) is 4.26. The molecular formula is C15H19NO2S. The zero-order valence-corrected chi connectivity index (χ0v) is 11.7. The third-order valence-corrected chi connectivity index (χ3v) is 5.21. The van der Waals surface area contributed by atoms with Crippen molar-refractivity contribution in [2.75, 3.05) is 19.7 Å². The highest BCUT2D eigenvalue weighted by molar-refractivity contribution is 7.12. The van der Waals surface area contributed by atoms with Gasteiger partial charge in [0, 0.05) is 30.4 Å². The molecule has 0 radical (unpaired) electrons. The Labute approximate surface area is 117 Å². The Morgan fingerprint density at radius 2 is 2.21 bits per heavy atom. The Balaban J connectivity index is 1.59. The van der Waals surface area contributed by atoms with Gasteiger partial charge < -0.3 is 10.2 Å². The lowest BCUT2D eigenvalue weighted by Crippen LogP contribution is -2.24. The molecule has 3 rings (SSSR count). The normalized spacial score (nSPS) is 30.1. The Morgan fingerprint density at radius 1 is 1.32 bits per heavy atom. The second-order valence-electron chi connectivity index (χ2n) is 5.49. The van der Waals surface area contributed by atoms with Gasteiger partial charge in [0.1, 0.15) is 6.61 Å². The molecule has 2 fully saturated rings. The van der Waals surface area contributed by atoms with Gasteiger partial charge in [-0.1, -0.05) is 11.8 Å². The van der Waals surface area contributed by atoms with Crippen LogP contribution in [-0.2, 0) is 6.54 Å². The number of likely N-dealkylation sites (tertiary alicyclic amines) is 1. The number of aliphatic hydroxyl groups excluding tert-OH is 2. The molecule has 1 saturated carbocycles. The van der Waals surface area contributed by atoms with Gasteiger partial charge in [0.15, 0.2) is 0 Å². The molecule has 19 heavy (non-hydrogen) atoms. The summed E-state index contributed by atoms with van der Waals surface area (Å²) in [6, 6.07) is 4.14. The maximum Gasteiger partial charge on any atom is 0.104 e. The van der Waals surface area contributed by atoms with Crippen molar-refractivity contribution in [1.82, 2.24) is 4.90 Å². The summed E-state index contributed by atoms with van der Waals surface area (Å²) in [5.41, 5.74) is 0. The number of fused-ring (bicyclic) bond motifs is 1. The Kier molecular flexibility index (Phi) is 3.90. The molecule has 2 heterocycles. The topological polar surface area (TPSA) is 43.7 Å². The van der Waals surface area contributed by atoms with Crippen molar-refractivity contribution < 1.29 is 10.2 Å². The van der Waals surface area contributed by atoms with E-state index in [-0.39, 0.29) is 12.7 Å². The van der Waals surface area contributed by atoms with Crippen LogP contribution in [0.15, 0.2) is 12.1 Å². The molecule has 0 spiro atoms. The Hall–Kier alpha value is -0.860. The molecule has 3 nitrogen and oxygen atoms in total. The minimum atomic E-state index is -0.0827. The van der Waals surface area contributed by atoms with Gasteiger partial charge in [0.25, 0.3) is 0 Å². The summed E-state index contributed by atoms with van der Waals surface area (Å²) in [6.07, 6.45) is 2.09. The van der Waals surface area contributed by atoms with E-state index < -0.39 is 0 Å². The smallest absolute Gasteiger partial charge is 0.104 e. The van der Waals surface area contributed by atoms with Crippen LogP contribution in [0.25, 0.3) is 0 Å². The fraction of sp³-hybridized carbons (Fsp3) is 0.600. The van der Waals surface area contributed by atoms with E-state index in [4.69, 9.17) is 5.11 Å². The predicted molar refractivity (Wildman–Crippen MR) is 75.8 cm³/mol. The van der Waals surface area contributed by atoms with E-state index in [1.807, 2.05) is 6.07 Å². The van der Waals surface area contributed by atoms with Crippen molar-refractivity contribution in [3.05, 3.63) is 21.9 Å². The van der Waals surface area contributed by atoms with E-state index in [2.05, 4.69) is 22.8 Å². The highest BCUT2D eigenvalue weighted by atomic mass is 32.1. The molecule has 0 amide bonds. The lowest BCUT2D eigenvalue weighted by molar-refractivity contribution is 0.123. The van der Waals surface area contributed by atoms with E-state index in [1.165, 1.54) is 11.3 Å². The van der Waals surface area contributed by atoms with Gasteiger partial charge in [-0.25, -0.2) is 0 Å². The summed E-state index contributed by atoms with van der Waals surface area (Å²) < 4.78 is 0. The van der Waals surface area contributed by atoms with Crippen molar-refractivity contribution >= 4 is 11.3 Å². The van der Waals surface area contributed by atoms with Crippen LogP contribution in [0.4, 0.5) is 0 Å². The van der Waals surface area contributed by atoms with Crippen LogP contribution in [0.3, 0.4) is 0 Å². The van der Waals surface area contributed by atoms with Crippen LogP contribution in [-0.4, -0.2) is 40.9 Å². The van der Waals surface area contributed by atoms with Gasteiger partial charge in [0.2, 0.25) is 0 Å². The molecule has 1 aromatic rings. The van der Waals surface area contributed by atoms with Gasteiger partial charge in [-0.15, -0.1) is 11.3 Å². The standard InChI is InChI=1S/C15H19NO2S/c17-7-1-2-12-4-5-13(19-12)9-16-8-11-3-6-15(18)14(11)10-16/h4-5,11,14-15,17-18H,3,6-10H2. The maximum absolute atomic E-state index is 9.92. The number of nitrogens with zero attached hydrogens (tertiary/aromatic N) is 1. The van der Waals surface area contributed by atoms with Crippen LogP contribution in [0.1, 0.15) is 22.6 Å². The minimum absolute atomic E-state index is 0.0793. The third kappa shape index (κ3) is 2.85. The molecule has 3 atom stereocenters. The number of thiophene rings is 1. The van der Waals surface area contributed by atoms with Crippen molar-refractivity contribution in [3.63, 3.8) is 0 Å². The van der Waals surface area contributed by atoms with Gasteiger partial charge in [-0.2, -0.15) is 0 Å². The quantitative estimate of drug-likeness (QED) is 0.801. The van der Waals surface area contributed by atoms with Crippen LogP contribution >= 0.6 is 11.3 Å². The van der Waals surface area contributed by atoms with E-state index in [0.29, 0.717) is 11.8 Å². The highest BCUT2D eigenvalue weighted by Gasteiger charge is 2.41. The van der Waals surface area contributed by atoms with Crippen LogP contribution in [0.5, 0.6) is 0 Å². The average Bonchev–Trinajstić information content (AvgIpc) is 3.07. The van der Waals surface area contributed by atoms with Crippen LogP contribution in [0.2, 0.25) is 0 Å². The van der Waals surface area contributed by atoms with E-state index >= 15 is 0 Å². The minimum Gasteiger partial charge on any atom is -0.393 e. The number of hydrogen-bond donors (Lipinski definition) is 2. The first-order chi connectivity index (χ1) is 9.26. The molecular weight excluding hydrogens is 258 g/mol. The Morgan fingerprint density at radius 3 is 3.00 bits per heavy atom.